The van der Waals surface area contributed by atoms with E-state index in [2.05, 4.69) is 10.6 Å². The quantitative estimate of drug-likeness (QED) is 0.666. The van der Waals surface area contributed by atoms with Crippen LogP contribution < -0.4 is 10.6 Å². The first-order valence-corrected chi connectivity index (χ1v) is 6.83. The van der Waals surface area contributed by atoms with Crippen molar-refractivity contribution in [2.45, 2.75) is 38.8 Å². The zero-order valence-electron chi connectivity index (χ0n) is 11.8. The maximum atomic E-state index is 11.6. The lowest BCUT2D eigenvalue weighted by atomic mass is 9.98. The molecule has 3 N–H and O–H groups in total. The Labute approximate surface area is 115 Å². The summed E-state index contributed by atoms with van der Waals surface area (Å²) in [6, 6.07) is 9.79. The van der Waals surface area contributed by atoms with E-state index in [9.17, 15) is 9.90 Å². The molecular weight excluding hydrogens is 240 g/mol. The van der Waals surface area contributed by atoms with Gasteiger partial charge in [-0.3, -0.25) is 4.79 Å². The molecule has 0 heterocycles. The smallest absolute Gasteiger partial charge is 0.234 e. The molecule has 0 saturated carbocycles. The predicted octanol–water partition coefficient (Wildman–Crippen LogP) is 1.44. The number of carbonyl (C=O) groups excluding carboxylic acids is 1. The van der Waals surface area contributed by atoms with Gasteiger partial charge in [0.1, 0.15) is 0 Å². The highest BCUT2D eigenvalue weighted by molar-refractivity contribution is 5.77. The van der Waals surface area contributed by atoms with Crippen LogP contribution in [0.25, 0.3) is 0 Å². The van der Waals surface area contributed by atoms with E-state index >= 15 is 0 Å². The molecule has 106 valence electrons. The lowest BCUT2D eigenvalue weighted by Crippen LogP contribution is -2.43. The van der Waals surface area contributed by atoms with Gasteiger partial charge in [0.2, 0.25) is 5.91 Å². The van der Waals surface area contributed by atoms with Crippen molar-refractivity contribution in [2.75, 3.05) is 13.1 Å². The number of hydrogen-bond donors (Lipinski definition) is 3. The molecule has 0 fully saturated rings. The number of aliphatic hydroxyl groups is 1. The van der Waals surface area contributed by atoms with Gasteiger partial charge in [-0.2, -0.15) is 0 Å². The predicted molar refractivity (Wildman–Crippen MR) is 76.7 cm³/mol. The maximum Gasteiger partial charge on any atom is 0.234 e. The molecule has 0 radical (unpaired) electrons. The molecule has 4 heteroatoms. The second-order valence-corrected chi connectivity index (χ2v) is 4.80. The zero-order chi connectivity index (χ0) is 14.1. The van der Waals surface area contributed by atoms with Gasteiger partial charge in [0.05, 0.1) is 12.1 Å². The van der Waals surface area contributed by atoms with Crippen LogP contribution in [0.5, 0.6) is 0 Å². The van der Waals surface area contributed by atoms with E-state index in [1.165, 1.54) is 0 Å². The minimum Gasteiger partial charge on any atom is -0.389 e. The first kappa shape index (κ1) is 15.7. The monoisotopic (exact) mass is 264 g/mol. The number of benzene rings is 1. The Hall–Kier alpha value is -1.39. The number of hydrogen-bond acceptors (Lipinski definition) is 3. The molecule has 0 unspecified atom stereocenters. The van der Waals surface area contributed by atoms with E-state index < -0.39 is 5.60 Å². The van der Waals surface area contributed by atoms with Crippen molar-refractivity contribution in [3.63, 3.8) is 0 Å². The summed E-state index contributed by atoms with van der Waals surface area (Å²) in [6.07, 6.45) is 1.37. The molecule has 0 aromatic heterocycles. The van der Waals surface area contributed by atoms with Gasteiger partial charge in [-0.1, -0.05) is 44.2 Å². The molecular formula is C15H24N2O2. The first-order chi connectivity index (χ1) is 9.09. The van der Waals surface area contributed by atoms with Gasteiger partial charge < -0.3 is 15.7 Å². The number of amides is 1. The summed E-state index contributed by atoms with van der Waals surface area (Å²) in [6.45, 7) is 5.10. The van der Waals surface area contributed by atoms with Crippen molar-refractivity contribution in [3.05, 3.63) is 35.9 Å². The molecule has 0 aliphatic heterocycles. The van der Waals surface area contributed by atoms with Crippen LogP contribution in [-0.2, 0) is 11.3 Å². The Morgan fingerprint density at radius 2 is 1.84 bits per heavy atom. The molecule has 0 aliphatic carbocycles. The maximum absolute atomic E-state index is 11.6. The molecule has 0 bridgehead atoms. The lowest BCUT2D eigenvalue weighted by molar-refractivity contribution is -0.120. The summed E-state index contributed by atoms with van der Waals surface area (Å²) < 4.78 is 0. The van der Waals surface area contributed by atoms with Crippen LogP contribution in [0.2, 0.25) is 0 Å². The Bertz CT molecular complexity index is 375. The first-order valence-electron chi connectivity index (χ1n) is 6.83. The van der Waals surface area contributed by atoms with Crippen molar-refractivity contribution in [2.24, 2.45) is 0 Å². The van der Waals surface area contributed by atoms with Gasteiger partial charge >= 0.3 is 0 Å². The molecule has 1 amide bonds. The van der Waals surface area contributed by atoms with Crippen LogP contribution in [0.1, 0.15) is 32.3 Å². The van der Waals surface area contributed by atoms with Gasteiger partial charge in [-0.15, -0.1) is 0 Å². The minimum atomic E-state index is -0.709. The highest BCUT2D eigenvalue weighted by atomic mass is 16.3. The highest BCUT2D eigenvalue weighted by Crippen LogP contribution is 2.12. The number of carbonyl (C=O) groups is 1. The van der Waals surface area contributed by atoms with Crippen molar-refractivity contribution < 1.29 is 9.90 Å². The third-order valence-corrected chi connectivity index (χ3v) is 3.39. The fraction of sp³-hybridized carbons (Fsp3) is 0.533. The molecule has 19 heavy (non-hydrogen) atoms. The Morgan fingerprint density at radius 3 is 2.42 bits per heavy atom. The fourth-order valence-corrected chi connectivity index (χ4v) is 1.77. The fourth-order valence-electron chi connectivity index (χ4n) is 1.77. The Balaban J connectivity index is 2.22. The lowest BCUT2D eigenvalue weighted by Gasteiger charge is -2.25. The minimum absolute atomic E-state index is 0.0570. The SMILES string of the molecule is CCC(O)(CC)CNCC(=O)NCc1ccccc1. The third kappa shape index (κ3) is 5.85. The van der Waals surface area contributed by atoms with Crippen LogP contribution in [-0.4, -0.2) is 29.7 Å². The van der Waals surface area contributed by atoms with E-state index in [-0.39, 0.29) is 12.5 Å². The number of nitrogens with one attached hydrogen (secondary N) is 2. The summed E-state index contributed by atoms with van der Waals surface area (Å²) in [4.78, 5) is 11.6. The summed E-state index contributed by atoms with van der Waals surface area (Å²) in [5.74, 6) is -0.0570. The Morgan fingerprint density at radius 1 is 1.21 bits per heavy atom. The summed E-state index contributed by atoms with van der Waals surface area (Å²) in [7, 11) is 0. The van der Waals surface area contributed by atoms with Crippen LogP contribution in [0, 0.1) is 0 Å². The number of rotatable bonds is 8. The molecule has 1 aromatic carbocycles. The average Bonchev–Trinajstić information content (AvgIpc) is 2.46. The van der Waals surface area contributed by atoms with Gasteiger partial charge in [-0.05, 0) is 18.4 Å². The van der Waals surface area contributed by atoms with Gasteiger partial charge in [0.25, 0.3) is 0 Å². The van der Waals surface area contributed by atoms with Crippen LogP contribution in [0.4, 0.5) is 0 Å². The second-order valence-electron chi connectivity index (χ2n) is 4.80. The molecule has 0 saturated heterocycles. The van der Waals surface area contributed by atoms with Gasteiger partial charge in [0, 0.05) is 13.1 Å². The normalized spacial score (nSPS) is 11.3. The molecule has 4 nitrogen and oxygen atoms in total. The third-order valence-electron chi connectivity index (χ3n) is 3.39. The zero-order valence-corrected chi connectivity index (χ0v) is 11.8. The van der Waals surface area contributed by atoms with Crippen molar-refractivity contribution in [3.8, 4) is 0 Å². The van der Waals surface area contributed by atoms with E-state index in [1.807, 2.05) is 44.2 Å². The Kier molecular flexibility index (Phi) is 6.53. The molecule has 1 aromatic rings. The topological polar surface area (TPSA) is 61.4 Å². The summed E-state index contributed by atoms with van der Waals surface area (Å²) >= 11 is 0. The largest absolute Gasteiger partial charge is 0.389 e. The van der Waals surface area contributed by atoms with Crippen molar-refractivity contribution in [1.82, 2.24) is 10.6 Å². The van der Waals surface area contributed by atoms with E-state index in [0.29, 0.717) is 25.9 Å². The van der Waals surface area contributed by atoms with Crippen LogP contribution >= 0.6 is 0 Å². The van der Waals surface area contributed by atoms with Crippen molar-refractivity contribution in [1.29, 1.82) is 0 Å². The van der Waals surface area contributed by atoms with E-state index in [0.717, 1.165) is 5.56 Å². The van der Waals surface area contributed by atoms with Crippen molar-refractivity contribution >= 4 is 5.91 Å². The standard InChI is InChI=1S/C15H24N2O2/c1-3-15(19,4-2)12-16-11-14(18)17-10-13-8-6-5-7-9-13/h5-9,16,19H,3-4,10-12H2,1-2H3,(H,17,18). The molecule has 0 spiro atoms. The molecule has 0 atom stereocenters. The van der Waals surface area contributed by atoms with E-state index in [1.54, 1.807) is 0 Å². The summed E-state index contributed by atoms with van der Waals surface area (Å²) in [5, 5.41) is 15.9. The van der Waals surface area contributed by atoms with Gasteiger partial charge in [0.15, 0.2) is 0 Å². The highest BCUT2D eigenvalue weighted by Gasteiger charge is 2.21. The van der Waals surface area contributed by atoms with Gasteiger partial charge in [-0.25, -0.2) is 0 Å². The van der Waals surface area contributed by atoms with Crippen LogP contribution in [0.15, 0.2) is 30.3 Å². The average molecular weight is 264 g/mol. The summed E-state index contributed by atoms with van der Waals surface area (Å²) in [5.41, 5.74) is 0.370. The van der Waals surface area contributed by atoms with Crippen LogP contribution in [0.3, 0.4) is 0 Å². The molecule has 1 rings (SSSR count). The van der Waals surface area contributed by atoms with E-state index in [4.69, 9.17) is 0 Å². The second kappa shape index (κ2) is 7.92. The molecule has 0 aliphatic rings.